The Bertz CT molecular complexity index is 527. The molecule has 0 fully saturated rings. The summed E-state index contributed by atoms with van der Waals surface area (Å²) in [6.45, 7) is 3.94. The third-order valence-electron chi connectivity index (χ3n) is 2.11. The molecule has 0 aromatic carbocycles. The lowest BCUT2D eigenvalue weighted by Crippen LogP contribution is -2.07. The predicted octanol–water partition coefficient (Wildman–Crippen LogP) is 2.37. The molecule has 2 aromatic rings. The minimum absolute atomic E-state index is 0.0936. The van der Waals surface area contributed by atoms with Crippen LogP contribution in [0.15, 0.2) is 23.0 Å². The van der Waals surface area contributed by atoms with Crippen molar-refractivity contribution in [1.82, 2.24) is 9.97 Å². The van der Waals surface area contributed by atoms with Gasteiger partial charge in [-0.05, 0) is 25.5 Å². The van der Waals surface area contributed by atoms with Gasteiger partial charge in [-0.2, -0.15) is 0 Å². The molecule has 0 bridgehead atoms. The van der Waals surface area contributed by atoms with Gasteiger partial charge in [-0.1, -0.05) is 6.92 Å². The Morgan fingerprint density at radius 2 is 2.27 bits per heavy atom. The van der Waals surface area contributed by atoms with Crippen LogP contribution in [0.25, 0.3) is 10.7 Å². The lowest BCUT2D eigenvalue weighted by molar-refractivity contribution is 1.08. The fourth-order valence-corrected chi connectivity index (χ4v) is 2.28. The quantitative estimate of drug-likeness (QED) is 0.844. The van der Waals surface area contributed by atoms with Crippen LogP contribution in [-0.4, -0.2) is 9.97 Å². The van der Waals surface area contributed by atoms with Crippen molar-refractivity contribution >= 4 is 11.3 Å². The van der Waals surface area contributed by atoms with Crippen molar-refractivity contribution in [2.75, 3.05) is 0 Å². The van der Waals surface area contributed by atoms with Crippen molar-refractivity contribution in [2.45, 2.75) is 20.3 Å². The summed E-state index contributed by atoms with van der Waals surface area (Å²) in [5.74, 6) is 0.671. The Hall–Kier alpha value is -1.42. The molecule has 0 aliphatic heterocycles. The molecule has 15 heavy (non-hydrogen) atoms. The van der Waals surface area contributed by atoms with E-state index in [4.69, 9.17) is 0 Å². The van der Waals surface area contributed by atoms with Crippen LogP contribution in [0, 0.1) is 6.92 Å². The number of hydrogen-bond acceptors (Lipinski definition) is 3. The monoisotopic (exact) mass is 220 g/mol. The molecule has 2 heterocycles. The van der Waals surface area contributed by atoms with Crippen LogP contribution in [0.1, 0.15) is 17.5 Å². The van der Waals surface area contributed by atoms with E-state index in [0.717, 1.165) is 17.0 Å². The molecule has 0 aliphatic carbocycles. The van der Waals surface area contributed by atoms with Gasteiger partial charge < -0.3 is 4.98 Å². The summed E-state index contributed by atoms with van der Waals surface area (Å²) < 4.78 is 0. The molecule has 78 valence electrons. The lowest BCUT2D eigenvalue weighted by atomic mass is 10.3. The first-order valence-corrected chi connectivity index (χ1v) is 5.67. The average Bonchev–Trinajstić information content (AvgIpc) is 2.64. The van der Waals surface area contributed by atoms with Gasteiger partial charge in [-0.25, -0.2) is 4.98 Å². The van der Waals surface area contributed by atoms with E-state index in [1.54, 1.807) is 11.3 Å². The van der Waals surface area contributed by atoms with E-state index < -0.39 is 0 Å². The third kappa shape index (κ3) is 2.15. The molecule has 4 heteroatoms. The molecule has 0 aliphatic rings. The Labute approximate surface area is 91.8 Å². The Morgan fingerprint density at radius 1 is 1.47 bits per heavy atom. The first-order chi connectivity index (χ1) is 7.19. The fourth-order valence-electron chi connectivity index (χ4n) is 1.39. The number of hydrogen-bond donors (Lipinski definition) is 1. The van der Waals surface area contributed by atoms with Crippen LogP contribution in [0.4, 0.5) is 0 Å². The van der Waals surface area contributed by atoms with Crippen molar-refractivity contribution in [1.29, 1.82) is 0 Å². The number of nitrogens with one attached hydrogen (secondary N) is 1. The molecule has 0 saturated heterocycles. The topological polar surface area (TPSA) is 45.8 Å². The van der Waals surface area contributed by atoms with Gasteiger partial charge in [0.2, 0.25) is 0 Å². The third-order valence-corrected chi connectivity index (χ3v) is 3.35. The summed E-state index contributed by atoms with van der Waals surface area (Å²) in [6, 6.07) is 5.57. The Morgan fingerprint density at radius 3 is 2.87 bits per heavy atom. The summed E-state index contributed by atoms with van der Waals surface area (Å²) in [4.78, 5) is 20.6. The number of aryl methyl sites for hydroxylation is 2. The van der Waals surface area contributed by atoms with Crippen LogP contribution < -0.4 is 5.56 Å². The van der Waals surface area contributed by atoms with Gasteiger partial charge in [0, 0.05) is 16.6 Å². The van der Waals surface area contributed by atoms with E-state index in [-0.39, 0.29) is 5.56 Å². The lowest BCUT2D eigenvalue weighted by Gasteiger charge is -1.97. The Kier molecular flexibility index (Phi) is 2.68. The molecule has 1 N–H and O–H groups in total. The second-order valence-electron chi connectivity index (χ2n) is 3.35. The molecular weight excluding hydrogens is 208 g/mol. The summed E-state index contributed by atoms with van der Waals surface area (Å²) in [6.07, 6.45) is 1.01. The van der Waals surface area contributed by atoms with E-state index in [1.807, 2.05) is 13.0 Å². The van der Waals surface area contributed by atoms with Crippen LogP contribution in [0.2, 0.25) is 0 Å². The van der Waals surface area contributed by atoms with E-state index in [1.165, 1.54) is 10.9 Å². The largest absolute Gasteiger partial charge is 0.306 e. The predicted molar refractivity (Wildman–Crippen MR) is 62.3 cm³/mol. The fraction of sp³-hybridized carbons (Fsp3) is 0.273. The maximum absolute atomic E-state index is 11.3. The minimum atomic E-state index is -0.0936. The van der Waals surface area contributed by atoms with Gasteiger partial charge in [0.25, 0.3) is 5.56 Å². The standard InChI is InChI=1S/C11H12N2OS/c1-3-8-4-5-9(15-8)11-12-7(2)6-10(14)13-11/h4-6H,3H2,1-2H3,(H,12,13,14). The highest BCUT2D eigenvalue weighted by Gasteiger charge is 2.04. The normalized spacial score (nSPS) is 10.5. The number of aromatic amines is 1. The summed E-state index contributed by atoms with van der Waals surface area (Å²) in [7, 11) is 0. The minimum Gasteiger partial charge on any atom is -0.306 e. The van der Waals surface area contributed by atoms with Gasteiger partial charge in [-0.3, -0.25) is 4.79 Å². The van der Waals surface area contributed by atoms with Crippen LogP contribution in [0.5, 0.6) is 0 Å². The highest BCUT2D eigenvalue weighted by atomic mass is 32.1. The molecule has 2 aromatic heterocycles. The van der Waals surface area contributed by atoms with E-state index in [9.17, 15) is 4.79 Å². The molecule has 0 spiro atoms. The van der Waals surface area contributed by atoms with Crippen molar-refractivity contribution < 1.29 is 0 Å². The first-order valence-electron chi connectivity index (χ1n) is 4.86. The van der Waals surface area contributed by atoms with Crippen LogP contribution >= 0.6 is 11.3 Å². The van der Waals surface area contributed by atoms with Crippen molar-refractivity contribution in [3.8, 4) is 10.7 Å². The summed E-state index contributed by atoms with van der Waals surface area (Å²) in [5, 5.41) is 0. The zero-order chi connectivity index (χ0) is 10.8. The molecule has 0 atom stereocenters. The van der Waals surface area contributed by atoms with Gasteiger partial charge in [-0.15, -0.1) is 11.3 Å². The Balaban J connectivity index is 2.48. The molecule has 0 radical (unpaired) electrons. The maximum Gasteiger partial charge on any atom is 0.251 e. The summed E-state index contributed by atoms with van der Waals surface area (Å²) in [5.41, 5.74) is 0.657. The van der Waals surface area contributed by atoms with E-state index >= 15 is 0 Å². The molecular formula is C11H12N2OS. The second kappa shape index (κ2) is 3.98. The number of rotatable bonds is 2. The van der Waals surface area contributed by atoms with Crippen molar-refractivity contribution in [2.24, 2.45) is 0 Å². The maximum atomic E-state index is 11.3. The average molecular weight is 220 g/mol. The molecule has 0 saturated carbocycles. The van der Waals surface area contributed by atoms with Crippen LogP contribution in [0.3, 0.4) is 0 Å². The second-order valence-corrected chi connectivity index (χ2v) is 4.52. The molecule has 0 unspecified atom stereocenters. The summed E-state index contributed by atoms with van der Waals surface area (Å²) >= 11 is 1.67. The molecule has 2 rings (SSSR count). The van der Waals surface area contributed by atoms with Gasteiger partial charge in [0.15, 0.2) is 0 Å². The smallest absolute Gasteiger partial charge is 0.251 e. The molecule has 0 amide bonds. The van der Waals surface area contributed by atoms with Gasteiger partial charge in [0.1, 0.15) is 5.82 Å². The number of aromatic nitrogens is 2. The van der Waals surface area contributed by atoms with Gasteiger partial charge >= 0.3 is 0 Å². The number of nitrogens with zero attached hydrogens (tertiary/aromatic N) is 1. The van der Waals surface area contributed by atoms with Crippen molar-refractivity contribution in [3.05, 3.63) is 39.1 Å². The molecule has 3 nitrogen and oxygen atoms in total. The number of thiophene rings is 1. The SMILES string of the molecule is CCc1ccc(-c2nc(C)cc(=O)[nH]2)s1. The highest BCUT2D eigenvalue weighted by Crippen LogP contribution is 2.24. The first kappa shape index (κ1) is 10.1. The van der Waals surface area contributed by atoms with Crippen molar-refractivity contribution in [3.63, 3.8) is 0 Å². The number of H-pyrrole nitrogens is 1. The van der Waals surface area contributed by atoms with E-state index in [2.05, 4.69) is 23.0 Å². The highest BCUT2D eigenvalue weighted by molar-refractivity contribution is 7.15. The zero-order valence-corrected chi connectivity index (χ0v) is 9.52. The van der Waals surface area contributed by atoms with Crippen LogP contribution in [-0.2, 0) is 6.42 Å². The van der Waals surface area contributed by atoms with E-state index in [0.29, 0.717) is 5.82 Å². The van der Waals surface area contributed by atoms with Gasteiger partial charge in [0.05, 0.1) is 4.88 Å². The zero-order valence-electron chi connectivity index (χ0n) is 8.70.